The van der Waals surface area contributed by atoms with Crippen LogP contribution in [0.4, 0.5) is 0 Å². The van der Waals surface area contributed by atoms with Crippen LogP contribution in [0.3, 0.4) is 0 Å². The maximum absolute atomic E-state index is 12.7. The number of primary amides is 1. The maximum atomic E-state index is 12.7. The summed E-state index contributed by atoms with van der Waals surface area (Å²) < 4.78 is 25.4. The topological polar surface area (TPSA) is 77.2 Å². The molecule has 2 N–H and O–H groups in total. The fourth-order valence-corrected chi connectivity index (χ4v) is 4.02. The van der Waals surface area contributed by atoms with Crippen LogP contribution >= 0.6 is 0 Å². The zero-order valence-corrected chi connectivity index (χ0v) is 12.8. The molecular formula is C16H17NO3S. The molecule has 0 unspecified atom stereocenters. The molecule has 0 heterocycles. The van der Waals surface area contributed by atoms with Crippen molar-refractivity contribution in [3.8, 4) is 0 Å². The Labute approximate surface area is 124 Å². The van der Waals surface area contributed by atoms with Gasteiger partial charge < -0.3 is 5.73 Å². The molecule has 0 bridgehead atoms. The van der Waals surface area contributed by atoms with Crippen molar-refractivity contribution in [2.24, 2.45) is 5.73 Å². The first-order valence-corrected chi connectivity index (χ1v) is 7.99. The standard InChI is InChI=1S/C16H17NO3S/c1-11-5-3-4-6-14(11)21(19,20)15-8-7-13(9-12(15)2)10-16(17)18/h3-9H,10H2,1-2H3,(H2,17,18). The Hall–Kier alpha value is -2.14. The number of rotatable bonds is 4. The third-order valence-electron chi connectivity index (χ3n) is 3.29. The van der Waals surface area contributed by atoms with E-state index in [9.17, 15) is 13.2 Å². The summed E-state index contributed by atoms with van der Waals surface area (Å²) in [5.41, 5.74) is 7.18. The van der Waals surface area contributed by atoms with E-state index in [1.807, 2.05) is 0 Å². The minimum Gasteiger partial charge on any atom is -0.369 e. The van der Waals surface area contributed by atoms with Gasteiger partial charge in [0, 0.05) is 0 Å². The highest BCUT2D eigenvalue weighted by Gasteiger charge is 2.21. The van der Waals surface area contributed by atoms with E-state index in [2.05, 4.69) is 0 Å². The zero-order chi connectivity index (χ0) is 15.6. The first-order valence-electron chi connectivity index (χ1n) is 6.51. The lowest BCUT2D eigenvalue weighted by Crippen LogP contribution is -2.14. The Morgan fingerprint density at radius 1 is 1.00 bits per heavy atom. The number of hydrogen-bond acceptors (Lipinski definition) is 3. The van der Waals surface area contributed by atoms with Crippen LogP contribution in [0.5, 0.6) is 0 Å². The van der Waals surface area contributed by atoms with E-state index < -0.39 is 15.7 Å². The Morgan fingerprint density at radius 2 is 1.62 bits per heavy atom. The van der Waals surface area contributed by atoms with Crippen molar-refractivity contribution >= 4 is 15.7 Å². The van der Waals surface area contributed by atoms with E-state index in [1.54, 1.807) is 50.2 Å². The summed E-state index contributed by atoms with van der Waals surface area (Å²) in [5, 5.41) is 0. The third-order valence-corrected chi connectivity index (χ3v) is 5.36. The Bertz CT molecular complexity index is 795. The lowest BCUT2D eigenvalue weighted by molar-refractivity contribution is -0.117. The second-order valence-electron chi connectivity index (χ2n) is 5.01. The maximum Gasteiger partial charge on any atom is 0.221 e. The molecule has 5 heteroatoms. The van der Waals surface area contributed by atoms with Crippen LogP contribution in [0.15, 0.2) is 52.3 Å². The van der Waals surface area contributed by atoms with Gasteiger partial charge >= 0.3 is 0 Å². The lowest BCUT2D eigenvalue weighted by Gasteiger charge is -2.11. The van der Waals surface area contributed by atoms with Gasteiger partial charge in [0.1, 0.15) is 0 Å². The molecule has 4 nitrogen and oxygen atoms in total. The number of carbonyl (C=O) groups excluding carboxylic acids is 1. The van der Waals surface area contributed by atoms with Gasteiger partial charge in [-0.15, -0.1) is 0 Å². The molecule has 0 saturated heterocycles. The zero-order valence-electron chi connectivity index (χ0n) is 12.0. The molecule has 0 saturated carbocycles. The molecule has 2 aromatic carbocycles. The summed E-state index contributed by atoms with van der Waals surface area (Å²) in [6.07, 6.45) is 0.103. The molecule has 0 fully saturated rings. The number of sulfone groups is 1. The third kappa shape index (κ3) is 3.13. The predicted molar refractivity (Wildman–Crippen MR) is 80.7 cm³/mol. The van der Waals surface area contributed by atoms with E-state index in [4.69, 9.17) is 5.73 Å². The summed E-state index contributed by atoms with van der Waals surface area (Å²) in [4.78, 5) is 11.5. The minimum absolute atomic E-state index is 0.103. The monoisotopic (exact) mass is 303 g/mol. The van der Waals surface area contributed by atoms with Crippen molar-refractivity contribution in [1.82, 2.24) is 0 Å². The largest absolute Gasteiger partial charge is 0.369 e. The van der Waals surface area contributed by atoms with E-state index >= 15 is 0 Å². The molecule has 0 radical (unpaired) electrons. The van der Waals surface area contributed by atoms with Crippen LogP contribution < -0.4 is 5.73 Å². The predicted octanol–water partition coefficient (Wildman–Crippen LogP) is 2.16. The number of nitrogens with two attached hydrogens (primary N) is 1. The number of aryl methyl sites for hydroxylation is 2. The van der Waals surface area contributed by atoms with Crippen LogP contribution in [0.2, 0.25) is 0 Å². The van der Waals surface area contributed by atoms with Crippen LogP contribution in [0.1, 0.15) is 16.7 Å². The lowest BCUT2D eigenvalue weighted by atomic mass is 10.1. The highest BCUT2D eigenvalue weighted by atomic mass is 32.2. The quantitative estimate of drug-likeness (QED) is 0.940. The second kappa shape index (κ2) is 5.69. The molecule has 0 spiro atoms. The minimum atomic E-state index is -3.56. The molecule has 0 aliphatic heterocycles. The van der Waals surface area contributed by atoms with Gasteiger partial charge in [-0.3, -0.25) is 4.79 Å². The van der Waals surface area contributed by atoms with Crippen LogP contribution in [-0.4, -0.2) is 14.3 Å². The first-order chi connectivity index (χ1) is 9.82. The van der Waals surface area contributed by atoms with Gasteiger partial charge in [-0.05, 0) is 42.7 Å². The summed E-state index contributed by atoms with van der Waals surface area (Å²) in [7, 11) is -3.56. The van der Waals surface area contributed by atoms with Gasteiger partial charge in [0.15, 0.2) is 0 Å². The van der Waals surface area contributed by atoms with E-state index in [-0.39, 0.29) is 11.3 Å². The molecule has 2 aromatic rings. The van der Waals surface area contributed by atoms with Gasteiger partial charge in [0.05, 0.1) is 16.2 Å². The Morgan fingerprint density at radius 3 is 2.19 bits per heavy atom. The van der Waals surface area contributed by atoms with Crippen LogP contribution in [-0.2, 0) is 21.1 Å². The summed E-state index contributed by atoms with van der Waals surface area (Å²) in [5.74, 6) is -0.441. The van der Waals surface area contributed by atoms with Crippen LogP contribution in [0.25, 0.3) is 0 Å². The molecule has 1 amide bonds. The highest BCUT2D eigenvalue weighted by Crippen LogP contribution is 2.26. The van der Waals surface area contributed by atoms with Gasteiger partial charge in [0.2, 0.25) is 15.7 Å². The first kappa shape index (κ1) is 15.3. The van der Waals surface area contributed by atoms with Crippen molar-refractivity contribution < 1.29 is 13.2 Å². The van der Waals surface area contributed by atoms with Crippen molar-refractivity contribution in [1.29, 1.82) is 0 Å². The fraction of sp³-hybridized carbons (Fsp3) is 0.188. The summed E-state index contributed by atoms with van der Waals surface area (Å²) in [6.45, 7) is 3.49. The average molecular weight is 303 g/mol. The number of carbonyl (C=O) groups is 1. The molecule has 0 aromatic heterocycles. The number of hydrogen-bond donors (Lipinski definition) is 1. The molecular weight excluding hydrogens is 286 g/mol. The smallest absolute Gasteiger partial charge is 0.221 e. The van der Waals surface area contributed by atoms with Gasteiger partial charge in [0.25, 0.3) is 0 Å². The molecule has 0 atom stereocenters. The van der Waals surface area contributed by atoms with Gasteiger partial charge in [-0.1, -0.05) is 30.3 Å². The SMILES string of the molecule is Cc1ccccc1S(=O)(=O)c1ccc(CC(N)=O)cc1C. The van der Waals surface area contributed by atoms with Crippen molar-refractivity contribution in [2.75, 3.05) is 0 Å². The molecule has 2 rings (SSSR count). The number of benzene rings is 2. The fourth-order valence-electron chi connectivity index (χ4n) is 2.30. The Kier molecular flexibility index (Phi) is 4.14. The summed E-state index contributed by atoms with van der Waals surface area (Å²) in [6, 6.07) is 11.7. The average Bonchev–Trinajstić information content (AvgIpc) is 2.37. The molecule has 0 aliphatic rings. The normalized spacial score (nSPS) is 11.3. The summed E-state index contributed by atoms with van der Waals surface area (Å²) >= 11 is 0. The van der Waals surface area contributed by atoms with Gasteiger partial charge in [-0.2, -0.15) is 0 Å². The van der Waals surface area contributed by atoms with Crippen molar-refractivity contribution in [3.05, 3.63) is 59.2 Å². The van der Waals surface area contributed by atoms with Crippen LogP contribution in [0, 0.1) is 13.8 Å². The van der Waals surface area contributed by atoms with Crippen molar-refractivity contribution in [2.45, 2.75) is 30.1 Å². The van der Waals surface area contributed by atoms with E-state index in [0.717, 1.165) is 0 Å². The highest BCUT2D eigenvalue weighted by molar-refractivity contribution is 7.91. The Balaban J connectivity index is 2.51. The number of amides is 1. The van der Waals surface area contributed by atoms with E-state index in [0.29, 0.717) is 21.6 Å². The van der Waals surface area contributed by atoms with E-state index in [1.165, 1.54) is 6.07 Å². The molecule has 21 heavy (non-hydrogen) atoms. The molecule has 110 valence electrons. The second-order valence-corrected chi connectivity index (χ2v) is 6.90. The van der Waals surface area contributed by atoms with Crippen molar-refractivity contribution in [3.63, 3.8) is 0 Å². The van der Waals surface area contributed by atoms with Gasteiger partial charge in [-0.25, -0.2) is 8.42 Å². The molecule has 0 aliphatic carbocycles.